The van der Waals surface area contributed by atoms with Crippen molar-refractivity contribution in [2.75, 3.05) is 12.3 Å². The van der Waals surface area contributed by atoms with Crippen molar-refractivity contribution in [1.29, 1.82) is 0 Å². The van der Waals surface area contributed by atoms with E-state index in [0.29, 0.717) is 11.8 Å². The van der Waals surface area contributed by atoms with Crippen molar-refractivity contribution in [3.8, 4) is 5.75 Å². The van der Waals surface area contributed by atoms with E-state index in [1.807, 2.05) is 12.1 Å². The molecule has 4 nitrogen and oxygen atoms in total. The van der Waals surface area contributed by atoms with Crippen LogP contribution in [0.25, 0.3) is 0 Å². The Hall–Kier alpha value is -1.20. The molecule has 1 aliphatic rings. The minimum absolute atomic E-state index is 0.0682. The minimum Gasteiger partial charge on any atom is -0.508 e. The highest BCUT2D eigenvalue weighted by atomic mass is 32.2. The topological polar surface area (TPSA) is 61.4 Å². The number of aromatic hydroxyl groups is 1. The summed E-state index contributed by atoms with van der Waals surface area (Å²) in [5.74, 6) is 0.725. The average Bonchev–Trinajstić information content (AvgIpc) is 2.41. The van der Waals surface area contributed by atoms with Gasteiger partial charge in [-0.25, -0.2) is 0 Å². The summed E-state index contributed by atoms with van der Waals surface area (Å²) in [7, 11) is 0. The molecule has 2 unspecified atom stereocenters. The van der Waals surface area contributed by atoms with E-state index in [1.54, 1.807) is 12.1 Å². The monoisotopic (exact) mass is 280 g/mol. The molecular weight excluding hydrogens is 260 g/mol. The first-order chi connectivity index (χ1) is 9.15. The van der Waals surface area contributed by atoms with Gasteiger partial charge in [0.25, 0.3) is 0 Å². The van der Waals surface area contributed by atoms with Gasteiger partial charge in [0.05, 0.1) is 5.75 Å². The molecule has 0 spiro atoms. The van der Waals surface area contributed by atoms with Crippen molar-refractivity contribution >= 4 is 17.7 Å². The number of benzene rings is 1. The van der Waals surface area contributed by atoms with Crippen LogP contribution in [-0.4, -0.2) is 35.4 Å². The van der Waals surface area contributed by atoms with Crippen molar-refractivity contribution in [3.05, 3.63) is 24.3 Å². The molecule has 0 saturated carbocycles. The molecule has 19 heavy (non-hydrogen) atoms. The lowest BCUT2D eigenvalue weighted by Gasteiger charge is -2.30. The smallest absolute Gasteiger partial charge is 0.230 e. The maximum atomic E-state index is 11.9. The van der Waals surface area contributed by atoms with Crippen molar-refractivity contribution in [2.24, 2.45) is 0 Å². The van der Waals surface area contributed by atoms with E-state index in [1.165, 1.54) is 11.8 Å². The Balaban J connectivity index is 1.76. The Labute approximate surface area is 118 Å². The maximum absolute atomic E-state index is 11.9. The third kappa shape index (κ3) is 4.44. The third-order valence-corrected chi connectivity index (χ3v) is 4.33. The molecule has 3 N–H and O–H groups in total. The van der Waals surface area contributed by atoms with Crippen LogP contribution in [0.15, 0.2) is 29.2 Å². The third-order valence-electron chi connectivity index (χ3n) is 3.31. The lowest BCUT2D eigenvalue weighted by molar-refractivity contribution is -0.119. The number of carbonyl (C=O) groups excluding carboxylic acids is 1. The van der Waals surface area contributed by atoms with E-state index in [9.17, 15) is 9.90 Å². The zero-order valence-corrected chi connectivity index (χ0v) is 11.9. The SMILES string of the molecule is CC1NCCCC1NC(=O)CSc1ccc(O)cc1. The van der Waals surface area contributed by atoms with Crippen LogP contribution in [0, 0.1) is 0 Å². The molecule has 2 atom stereocenters. The molecule has 0 bridgehead atoms. The zero-order chi connectivity index (χ0) is 13.7. The van der Waals surface area contributed by atoms with Gasteiger partial charge in [-0.15, -0.1) is 11.8 Å². The molecule has 0 aromatic heterocycles. The molecule has 0 aliphatic carbocycles. The molecule has 2 rings (SSSR count). The number of piperidine rings is 1. The minimum atomic E-state index is 0.0682. The first kappa shape index (κ1) is 14.2. The standard InChI is InChI=1S/C14H20N2O2S/c1-10-13(3-2-8-15-10)16-14(18)9-19-12-6-4-11(17)5-7-12/h4-7,10,13,15,17H,2-3,8-9H2,1H3,(H,16,18). The van der Waals surface area contributed by atoms with Gasteiger partial charge in [-0.2, -0.15) is 0 Å². The lowest BCUT2D eigenvalue weighted by Crippen LogP contribution is -2.52. The summed E-state index contributed by atoms with van der Waals surface area (Å²) >= 11 is 1.48. The van der Waals surface area contributed by atoms with Crippen molar-refractivity contribution in [1.82, 2.24) is 10.6 Å². The maximum Gasteiger partial charge on any atom is 0.230 e. The molecule has 1 aromatic carbocycles. The number of rotatable bonds is 4. The summed E-state index contributed by atoms with van der Waals surface area (Å²) in [6.45, 7) is 3.15. The highest BCUT2D eigenvalue weighted by molar-refractivity contribution is 8.00. The number of phenols is 1. The number of thioether (sulfide) groups is 1. The van der Waals surface area contributed by atoms with E-state index >= 15 is 0 Å². The van der Waals surface area contributed by atoms with E-state index in [2.05, 4.69) is 17.6 Å². The highest BCUT2D eigenvalue weighted by Gasteiger charge is 2.22. The van der Waals surface area contributed by atoms with Gasteiger partial charge in [-0.3, -0.25) is 4.79 Å². The van der Waals surface area contributed by atoms with Gasteiger partial charge in [0.2, 0.25) is 5.91 Å². The van der Waals surface area contributed by atoms with Gasteiger partial charge in [0, 0.05) is 17.0 Å². The van der Waals surface area contributed by atoms with Gasteiger partial charge < -0.3 is 15.7 Å². The molecule has 5 heteroatoms. The predicted octanol–water partition coefficient (Wildman–Crippen LogP) is 1.74. The second-order valence-corrected chi connectivity index (χ2v) is 5.89. The normalized spacial score (nSPS) is 23.0. The van der Waals surface area contributed by atoms with Gasteiger partial charge in [-0.1, -0.05) is 0 Å². The Morgan fingerprint density at radius 3 is 2.89 bits per heavy atom. The van der Waals surface area contributed by atoms with Gasteiger partial charge in [0.15, 0.2) is 0 Å². The van der Waals surface area contributed by atoms with Crippen LogP contribution in [0.4, 0.5) is 0 Å². The predicted molar refractivity (Wildman–Crippen MR) is 77.5 cm³/mol. The van der Waals surface area contributed by atoms with Crippen LogP contribution in [-0.2, 0) is 4.79 Å². The van der Waals surface area contributed by atoms with Crippen LogP contribution in [0.1, 0.15) is 19.8 Å². The average molecular weight is 280 g/mol. The van der Waals surface area contributed by atoms with Crippen LogP contribution < -0.4 is 10.6 Å². The van der Waals surface area contributed by atoms with Gasteiger partial charge in [0.1, 0.15) is 5.75 Å². The molecule has 1 fully saturated rings. The summed E-state index contributed by atoms with van der Waals surface area (Å²) in [6, 6.07) is 7.48. The highest BCUT2D eigenvalue weighted by Crippen LogP contribution is 2.20. The van der Waals surface area contributed by atoms with Gasteiger partial charge in [-0.05, 0) is 50.6 Å². The fraction of sp³-hybridized carbons (Fsp3) is 0.500. The second-order valence-electron chi connectivity index (χ2n) is 4.84. The Morgan fingerprint density at radius 1 is 1.47 bits per heavy atom. The second kappa shape index (κ2) is 6.82. The first-order valence-corrected chi connectivity index (χ1v) is 7.58. The molecular formula is C14H20N2O2S. The molecule has 1 aromatic rings. The van der Waals surface area contributed by atoms with Gasteiger partial charge >= 0.3 is 0 Å². The number of carbonyl (C=O) groups is 1. The lowest BCUT2D eigenvalue weighted by atomic mass is 10.00. The largest absolute Gasteiger partial charge is 0.508 e. The molecule has 104 valence electrons. The molecule has 1 amide bonds. The molecule has 1 aliphatic heterocycles. The fourth-order valence-electron chi connectivity index (χ4n) is 2.18. The van der Waals surface area contributed by atoms with Crippen molar-refractivity contribution in [2.45, 2.75) is 36.7 Å². The van der Waals surface area contributed by atoms with Crippen LogP contribution >= 0.6 is 11.8 Å². The number of hydrogen-bond acceptors (Lipinski definition) is 4. The van der Waals surface area contributed by atoms with E-state index in [-0.39, 0.29) is 17.7 Å². The number of nitrogens with one attached hydrogen (secondary N) is 2. The first-order valence-electron chi connectivity index (χ1n) is 6.60. The fourth-order valence-corrected chi connectivity index (χ4v) is 2.89. The van der Waals surface area contributed by atoms with Crippen LogP contribution in [0.3, 0.4) is 0 Å². The Bertz CT molecular complexity index is 422. The van der Waals surface area contributed by atoms with E-state index in [0.717, 1.165) is 24.3 Å². The summed E-state index contributed by atoms with van der Waals surface area (Å²) in [5, 5.41) is 15.6. The molecule has 1 heterocycles. The molecule has 1 saturated heterocycles. The Kier molecular flexibility index (Phi) is 5.10. The molecule has 0 radical (unpaired) electrons. The summed E-state index contributed by atoms with van der Waals surface area (Å²) < 4.78 is 0. The quantitative estimate of drug-likeness (QED) is 0.735. The Morgan fingerprint density at radius 2 is 2.21 bits per heavy atom. The number of hydrogen-bond donors (Lipinski definition) is 3. The summed E-state index contributed by atoms with van der Waals surface area (Å²) in [4.78, 5) is 12.9. The van der Waals surface area contributed by atoms with E-state index < -0.39 is 0 Å². The van der Waals surface area contributed by atoms with Crippen LogP contribution in [0.5, 0.6) is 5.75 Å². The van der Waals surface area contributed by atoms with Crippen molar-refractivity contribution < 1.29 is 9.90 Å². The number of amides is 1. The summed E-state index contributed by atoms with van der Waals surface area (Å²) in [5.41, 5.74) is 0. The summed E-state index contributed by atoms with van der Waals surface area (Å²) in [6.07, 6.45) is 2.16. The van der Waals surface area contributed by atoms with Crippen LogP contribution in [0.2, 0.25) is 0 Å². The number of phenolic OH excluding ortho intramolecular Hbond substituents is 1. The van der Waals surface area contributed by atoms with Crippen molar-refractivity contribution in [3.63, 3.8) is 0 Å². The van der Waals surface area contributed by atoms with E-state index in [4.69, 9.17) is 0 Å². The zero-order valence-electron chi connectivity index (χ0n) is 11.1.